The molecule has 0 aliphatic rings. The van der Waals surface area contributed by atoms with Crippen molar-refractivity contribution in [2.24, 2.45) is 4.99 Å². The topological polar surface area (TPSA) is 94.1 Å². The molecule has 1 heterocycles. The maximum absolute atomic E-state index is 13.1. The van der Waals surface area contributed by atoms with Gasteiger partial charge in [0.05, 0.1) is 27.9 Å². The molecule has 1 amide bonds. The summed E-state index contributed by atoms with van der Waals surface area (Å²) < 4.78 is 16.1. The molecule has 8 heteroatoms. The Labute approximate surface area is 193 Å². The van der Waals surface area contributed by atoms with Crippen LogP contribution in [0.3, 0.4) is 0 Å². The van der Waals surface area contributed by atoms with Crippen LogP contribution in [0.1, 0.15) is 27.0 Å². The Morgan fingerprint density at radius 1 is 0.909 bits per heavy atom. The molecule has 0 unspecified atom stereocenters. The zero-order chi connectivity index (χ0) is 23.8. The molecule has 0 saturated carbocycles. The number of anilines is 1. The molecule has 8 nitrogen and oxygen atoms in total. The van der Waals surface area contributed by atoms with Crippen LogP contribution in [-0.2, 0) is 6.54 Å². The number of amides is 1. The van der Waals surface area contributed by atoms with Crippen molar-refractivity contribution in [1.82, 2.24) is 10.3 Å². The molecular weight excluding hydrogens is 420 g/mol. The van der Waals surface area contributed by atoms with E-state index in [2.05, 4.69) is 20.6 Å². The third kappa shape index (κ3) is 6.00. The summed E-state index contributed by atoms with van der Waals surface area (Å²) >= 11 is 0. The number of ether oxygens (including phenoxy) is 3. The molecule has 0 spiro atoms. The average Bonchev–Trinajstić information content (AvgIpc) is 2.84. The number of aliphatic imine (C=N–C) groups is 1. The highest BCUT2D eigenvalue weighted by Crippen LogP contribution is 2.38. The maximum Gasteiger partial charge on any atom is 0.258 e. The highest BCUT2D eigenvalue weighted by atomic mass is 16.5. The van der Waals surface area contributed by atoms with Crippen molar-refractivity contribution in [2.45, 2.75) is 20.4 Å². The van der Waals surface area contributed by atoms with Crippen LogP contribution in [0.5, 0.6) is 17.2 Å². The monoisotopic (exact) mass is 448 g/mol. The predicted molar refractivity (Wildman–Crippen MR) is 128 cm³/mol. The zero-order valence-electron chi connectivity index (χ0n) is 19.4. The Hall–Kier alpha value is -4.07. The van der Waals surface area contributed by atoms with E-state index in [4.69, 9.17) is 14.2 Å². The number of carbonyl (C=O) groups excluding carboxylic acids is 1. The number of rotatable bonds is 7. The van der Waals surface area contributed by atoms with Crippen LogP contribution in [-0.4, -0.2) is 38.2 Å². The van der Waals surface area contributed by atoms with E-state index in [1.807, 2.05) is 44.2 Å². The van der Waals surface area contributed by atoms with Gasteiger partial charge in [0, 0.05) is 23.6 Å². The summed E-state index contributed by atoms with van der Waals surface area (Å²) in [4.78, 5) is 21.7. The summed E-state index contributed by atoms with van der Waals surface area (Å²) in [5, 5.41) is 6.07. The van der Waals surface area contributed by atoms with Crippen molar-refractivity contribution in [3.05, 3.63) is 77.1 Å². The summed E-state index contributed by atoms with van der Waals surface area (Å²) in [6.45, 7) is 4.44. The van der Waals surface area contributed by atoms with Crippen LogP contribution < -0.4 is 24.8 Å². The standard InChI is InChI=1S/C25H28N4O4/c1-16-6-7-20(12-17(16)2)28-25(27-15-18-8-10-26-11-9-18)29-24(30)19-13-21(31-3)23(33-5)22(14-19)32-4/h6-14H,15H2,1-5H3,(H2,27,28,29,30). The fraction of sp³-hybridized carbons (Fsp3) is 0.240. The number of benzene rings is 2. The fourth-order valence-electron chi connectivity index (χ4n) is 3.12. The maximum atomic E-state index is 13.1. The van der Waals surface area contributed by atoms with Crippen molar-refractivity contribution in [3.63, 3.8) is 0 Å². The van der Waals surface area contributed by atoms with E-state index in [9.17, 15) is 4.79 Å². The summed E-state index contributed by atoms with van der Waals surface area (Å²) in [6, 6.07) is 12.9. The first-order valence-corrected chi connectivity index (χ1v) is 10.3. The number of pyridine rings is 1. The molecule has 0 radical (unpaired) electrons. The number of hydrogen-bond acceptors (Lipinski definition) is 6. The van der Waals surface area contributed by atoms with Crippen LogP contribution in [0.25, 0.3) is 0 Å². The molecule has 0 aliphatic heterocycles. The van der Waals surface area contributed by atoms with E-state index in [0.717, 1.165) is 16.8 Å². The molecule has 0 atom stereocenters. The van der Waals surface area contributed by atoms with Gasteiger partial charge in [-0.3, -0.25) is 15.1 Å². The van der Waals surface area contributed by atoms with E-state index in [1.165, 1.54) is 26.9 Å². The minimum atomic E-state index is -0.376. The van der Waals surface area contributed by atoms with Gasteiger partial charge in [-0.2, -0.15) is 0 Å². The molecule has 33 heavy (non-hydrogen) atoms. The molecule has 1 aromatic heterocycles. The molecular formula is C25H28N4O4. The van der Waals surface area contributed by atoms with E-state index in [0.29, 0.717) is 35.3 Å². The van der Waals surface area contributed by atoms with Gasteiger partial charge in [0.2, 0.25) is 11.7 Å². The molecule has 0 saturated heterocycles. The Balaban J connectivity index is 1.90. The lowest BCUT2D eigenvalue weighted by atomic mass is 10.1. The first-order valence-electron chi connectivity index (χ1n) is 10.3. The summed E-state index contributed by atoms with van der Waals surface area (Å²) in [5.41, 5.74) is 4.42. The van der Waals surface area contributed by atoms with Gasteiger partial charge in [-0.15, -0.1) is 0 Å². The first kappa shape index (κ1) is 23.6. The number of aryl methyl sites for hydroxylation is 2. The van der Waals surface area contributed by atoms with E-state index in [1.54, 1.807) is 24.5 Å². The van der Waals surface area contributed by atoms with Crippen molar-refractivity contribution in [1.29, 1.82) is 0 Å². The number of nitrogens with one attached hydrogen (secondary N) is 2. The van der Waals surface area contributed by atoms with Gasteiger partial charge in [-0.25, -0.2) is 4.99 Å². The van der Waals surface area contributed by atoms with Crippen molar-refractivity contribution in [2.75, 3.05) is 26.6 Å². The lowest BCUT2D eigenvalue weighted by Gasteiger charge is -2.16. The van der Waals surface area contributed by atoms with Gasteiger partial charge < -0.3 is 19.5 Å². The first-order chi connectivity index (χ1) is 15.9. The Kier molecular flexibility index (Phi) is 7.86. The summed E-state index contributed by atoms with van der Waals surface area (Å²) in [6.07, 6.45) is 3.41. The second-order valence-corrected chi connectivity index (χ2v) is 7.31. The zero-order valence-corrected chi connectivity index (χ0v) is 19.4. The molecule has 0 fully saturated rings. The highest BCUT2D eigenvalue weighted by Gasteiger charge is 2.18. The van der Waals surface area contributed by atoms with E-state index in [-0.39, 0.29) is 5.91 Å². The predicted octanol–water partition coefficient (Wildman–Crippen LogP) is 4.12. The van der Waals surface area contributed by atoms with Gasteiger partial charge in [0.1, 0.15) is 0 Å². The van der Waals surface area contributed by atoms with Crippen molar-refractivity contribution < 1.29 is 19.0 Å². The third-order valence-electron chi connectivity index (χ3n) is 5.10. The number of carbonyl (C=O) groups is 1. The third-order valence-corrected chi connectivity index (χ3v) is 5.10. The van der Waals surface area contributed by atoms with Crippen molar-refractivity contribution >= 4 is 17.6 Å². The molecule has 0 bridgehead atoms. The Bertz CT molecular complexity index is 1120. The van der Waals surface area contributed by atoms with Gasteiger partial charge in [-0.05, 0) is 66.9 Å². The molecule has 2 aromatic carbocycles. The SMILES string of the molecule is COc1cc(C(=O)NC(=NCc2ccncc2)Nc2ccc(C)c(C)c2)cc(OC)c1OC. The minimum absolute atomic E-state index is 0.314. The number of nitrogens with zero attached hydrogens (tertiary/aromatic N) is 2. The lowest BCUT2D eigenvalue weighted by molar-refractivity contribution is 0.0976. The molecule has 0 aliphatic carbocycles. The van der Waals surface area contributed by atoms with Crippen LogP contribution in [0.4, 0.5) is 5.69 Å². The van der Waals surface area contributed by atoms with Gasteiger partial charge in [-0.1, -0.05) is 6.07 Å². The number of methoxy groups -OCH3 is 3. The summed E-state index contributed by atoms with van der Waals surface area (Å²) in [7, 11) is 4.52. The largest absolute Gasteiger partial charge is 0.493 e. The van der Waals surface area contributed by atoms with Crippen LogP contribution >= 0.6 is 0 Å². The van der Waals surface area contributed by atoms with Crippen LogP contribution in [0, 0.1) is 13.8 Å². The minimum Gasteiger partial charge on any atom is -0.493 e. The van der Waals surface area contributed by atoms with Gasteiger partial charge in [0.25, 0.3) is 5.91 Å². The summed E-state index contributed by atoms with van der Waals surface area (Å²) in [5.74, 6) is 1.13. The van der Waals surface area contributed by atoms with Gasteiger partial charge >= 0.3 is 0 Å². The van der Waals surface area contributed by atoms with Crippen LogP contribution in [0.2, 0.25) is 0 Å². The second-order valence-electron chi connectivity index (χ2n) is 7.31. The normalized spacial score (nSPS) is 11.0. The number of guanidine groups is 1. The quantitative estimate of drug-likeness (QED) is 0.417. The lowest BCUT2D eigenvalue weighted by Crippen LogP contribution is -2.36. The average molecular weight is 449 g/mol. The van der Waals surface area contributed by atoms with E-state index >= 15 is 0 Å². The second kappa shape index (κ2) is 11.0. The number of aromatic nitrogens is 1. The van der Waals surface area contributed by atoms with Crippen molar-refractivity contribution in [3.8, 4) is 17.2 Å². The molecule has 2 N–H and O–H groups in total. The fourth-order valence-corrected chi connectivity index (χ4v) is 3.12. The molecule has 172 valence electrons. The molecule has 3 rings (SSSR count). The highest BCUT2D eigenvalue weighted by molar-refractivity contribution is 6.10. The smallest absolute Gasteiger partial charge is 0.258 e. The number of hydrogen-bond donors (Lipinski definition) is 2. The van der Waals surface area contributed by atoms with Crippen LogP contribution in [0.15, 0.2) is 59.9 Å². The molecule has 3 aromatic rings. The Morgan fingerprint density at radius 3 is 2.15 bits per heavy atom. The van der Waals surface area contributed by atoms with E-state index < -0.39 is 0 Å². The van der Waals surface area contributed by atoms with Gasteiger partial charge in [0.15, 0.2) is 11.5 Å². The Morgan fingerprint density at radius 2 is 1.58 bits per heavy atom.